The first-order valence-electron chi connectivity index (χ1n) is 4.94. The number of halogens is 2. The maximum absolute atomic E-state index is 12.2. The Hall–Kier alpha value is -0.400. The number of benzene rings is 1. The molecule has 0 radical (unpaired) electrons. The van der Waals surface area contributed by atoms with Crippen LogP contribution in [0.15, 0.2) is 23.1 Å². The van der Waals surface area contributed by atoms with E-state index in [4.69, 9.17) is 41.2 Å². The van der Waals surface area contributed by atoms with Crippen molar-refractivity contribution in [1.29, 1.82) is 0 Å². The molecule has 0 amide bonds. The number of hydrogen-bond donors (Lipinski definition) is 1. The molecule has 18 heavy (non-hydrogen) atoms. The van der Waals surface area contributed by atoms with Gasteiger partial charge in [0, 0.05) is 30.1 Å². The summed E-state index contributed by atoms with van der Waals surface area (Å²) in [6.45, 7) is 0.210. The first-order chi connectivity index (χ1) is 8.23. The monoisotopic (exact) mass is 326 g/mol. The molecule has 0 aliphatic rings. The van der Waals surface area contributed by atoms with Crippen molar-refractivity contribution >= 4 is 50.4 Å². The predicted octanol–water partition coefficient (Wildman–Crippen LogP) is 2.29. The maximum Gasteiger partial charge on any atom is 0.242 e. The summed E-state index contributed by atoms with van der Waals surface area (Å²) in [5, 5.41) is 0.535. The topological polar surface area (TPSA) is 63.4 Å². The van der Waals surface area contributed by atoms with E-state index in [9.17, 15) is 8.42 Å². The van der Waals surface area contributed by atoms with Crippen molar-refractivity contribution in [2.24, 2.45) is 5.73 Å². The smallest absolute Gasteiger partial charge is 0.242 e. The number of nitrogens with zero attached hydrogens (tertiary/aromatic N) is 1. The maximum atomic E-state index is 12.2. The van der Waals surface area contributed by atoms with Crippen LogP contribution in [0.3, 0.4) is 0 Å². The zero-order chi connectivity index (χ0) is 13.9. The molecule has 0 atom stereocenters. The van der Waals surface area contributed by atoms with Crippen LogP contribution in [0.4, 0.5) is 0 Å². The number of sulfonamides is 1. The second-order valence-corrected chi connectivity index (χ2v) is 7.09. The van der Waals surface area contributed by atoms with Gasteiger partial charge >= 0.3 is 0 Å². The summed E-state index contributed by atoms with van der Waals surface area (Å²) < 4.78 is 25.5. The minimum Gasteiger partial charge on any atom is -0.393 e. The Morgan fingerprint density at radius 3 is 2.28 bits per heavy atom. The van der Waals surface area contributed by atoms with Crippen LogP contribution in [0.2, 0.25) is 10.0 Å². The van der Waals surface area contributed by atoms with Crippen LogP contribution in [0.5, 0.6) is 0 Å². The van der Waals surface area contributed by atoms with Crippen LogP contribution >= 0.6 is 35.4 Å². The molecule has 0 aliphatic heterocycles. The van der Waals surface area contributed by atoms with Crippen molar-refractivity contribution in [3.05, 3.63) is 28.2 Å². The fourth-order valence-electron chi connectivity index (χ4n) is 1.25. The third-order valence-corrected chi connectivity index (χ3v) is 4.69. The second kappa shape index (κ2) is 6.16. The lowest BCUT2D eigenvalue weighted by Gasteiger charge is -2.17. The van der Waals surface area contributed by atoms with Crippen molar-refractivity contribution in [2.75, 3.05) is 13.6 Å². The molecule has 0 saturated carbocycles. The Labute approximate surface area is 122 Å². The first-order valence-corrected chi connectivity index (χ1v) is 7.54. The molecule has 1 aromatic carbocycles. The standard InChI is InChI=1S/C10H12Cl2N2O2S2/c1-14(3-2-10(13)17)18(15,16)9-5-7(11)4-8(12)6-9/h4-6H,2-3H2,1H3,(H2,13,17). The molecule has 0 spiro atoms. The van der Waals surface area contributed by atoms with E-state index in [1.54, 1.807) is 0 Å². The van der Waals surface area contributed by atoms with E-state index in [2.05, 4.69) is 0 Å². The van der Waals surface area contributed by atoms with Gasteiger partial charge in [-0.15, -0.1) is 0 Å². The van der Waals surface area contributed by atoms with Crippen molar-refractivity contribution in [2.45, 2.75) is 11.3 Å². The zero-order valence-corrected chi connectivity index (χ0v) is 12.7. The fourth-order valence-corrected chi connectivity index (χ4v) is 3.24. The molecule has 0 aliphatic carbocycles. The Bertz CT molecular complexity index is 541. The van der Waals surface area contributed by atoms with Gasteiger partial charge in [0.15, 0.2) is 0 Å². The molecule has 0 heterocycles. The number of hydrogen-bond acceptors (Lipinski definition) is 3. The molecule has 0 aromatic heterocycles. The van der Waals surface area contributed by atoms with Crippen LogP contribution in [0, 0.1) is 0 Å². The quantitative estimate of drug-likeness (QED) is 0.843. The van der Waals surface area contributed by atoms with E-state index >= 15 is 0 Å². The predicted molar refractivity (Wildman–Crippen MR) is 77.7 cm³/mol. The van der Waals surface area contributed by atoms with Gasteiger partial charge in [-0.05, 0) is 18.2 Å². The molecule has 100 valence electrons. The molecule has 0 unspecified atom stereocenters. The average molecular weight is 327 g/mol. The van der Waals surface area contributed by atoms with Gasteiger partial charge in [-0.2, -0.15) is 0 Å². The summed E-state index contributed by atoms with van der Waals surface area (Å²) in [7, 11) is -2.18. The van der Waals surface area contributed by atoms with E-state index in [0.29, 0.717) is 6.42 Å². The Morgan fingerprint density at radius 1 is 1.33 bits per heavy atom. The summed E-state index contributed by atoms with van der Waals surface area (Å²) in [5.74, 6) is 0. The third-order valence-electron chi connectivity index (χ3n) is 2.22. The molecule has 8 heteroatoms. The Morgan fingerprint density at radius 2 is 1.83 bits per heavy atom. The molecule has 0 bridgehead atoms. The highest BCUT2D eigenvalue weighted by molar-refractivity contribution is 7.89. The number of rotatable bonds is 5. The van der Waals surface area contributed by atoms with E-state index in [1.807, 2.05) is 0 Å². The fraction of sp³-hybridized carbons (Fsp3) is 0.300. The van der Waals surface area contributed by atoms with E-state index in [-0.39, 0.29) is 26.5 Å². The van der Waals surface area contributed by atoms with Crippen molar-refractivity contribution in [1.82, 2.24) is 4.31 Å². The number of nitrogens with two attached hydrogens (primary N) is 1. The summed E-state index contributed by atoms with van der Waals surface area (Å²) >= 11 is 16.3. The molecule has 0 fully saturated rings. The first kappa shape index (κ1) is 15.7. The van der Waals surface area contributed by atoms with Gasteiger partial charge in [0.2, 0.25) is 10.0 Å². The Kier molecular flexibility index (Phi) is 5.36. The molecule has 1 rings (SSSR count). The van der Waals surface area contributed by atoms with Gasteiger partial charge in [0.1, 0.15) is 0 Å². The minimum atomic E-state index is -3.63. The van der Waals surface area contributed by atoms with Gasteiger partial charge in [0.25, 0.3) is 0 Å². The van der Waals surface area contributed by atoms with Crippen LogP contribution < -0.4 is 5.73 Å². The SMILES string of the molecule is CN(CCC(N)=S)S(=O)(=O)c1cc(Cl)cc(Cl)c1. The van der Waals surface area contributed by atoms with Crippen molar-refractivity contribution < 1.29 is 8.42 Å². The van der Waals surface area contributed by atoms with Gasteiger partial charge < -0.3 is 5.73 Å². The van der Waals surface area contributed by atoms with E-state index in [1.165, 1.54) is 25.2 Å². The van der Waals surface area contributed by atoms with E-state index in [0.717, 1.165) is 4.31 Å². The van der Waals surface area contributed by atoms with Crippen LogP contribution in [-0.4, -0.2) is 31.3 Å². The van der Waals surface area contributed by atoms with Gasteiger partial charge in [-0.25, -0.2) is 12.7 Å². The van der Waals surface area contributed by atoms with Gasteiger partial charge in [0.05, 0.1) is 9.88 Å². The largest absolute Gasteiger partial charge is 0.393 e. The molecule has 4 nitrogen and oxygen atoms in total. The summed E-state index contributed by atoms with van der Waals surface area (Å²) in [6.07, 6.45) is 0.319. The molecule has 2 N–H and O–H groups in total. The summed E-state index contributed by atoms with van der Waals surface area (Å²) in [6, 6.07) is 4.16. The lowest BCUT2D eigenvalue weighted by molar-refractivity contribution is 0.479. The normalized spacial score (nSPS) is 11.8. The zero-order valence-electron chi connectivity index (χ0n) is 9.56. The third kappa shape index (κ3) is 4.07. The van der Waals surface area contributed by atoms with Crippen LogP contribution in [0.25, 0.3) is 0 Å². The van der Waals surface area contributed by atoms with Gasteiger partial charge in [-0.1, -0.05) is 35.4 Å². The minimum absolute atomic E-state index is 0.0467. The molecular formula is C10H12Cl2N2O2S2. The second-order valence-electron chi connectivity index (χ2n) is 3.65. The number of thiocarbonyl (C=S) groups is 1. The Balaban J connectivity index is 3.01. The molecule has 1 aromatic rings. The lowest BCUT2D eigenvalue weighted by Crippen LogP contribution is -2.30. The highest BCUT2D eigenvalue weighted by Gasteiger charge is 2.21. The van der Waals surface area contributed by atoms with Crippen LogP contribution in [0.1, 0.15) is 6.42 Å². The van der Waals surface area contributed by atoms with Crippen molar-refractivity contribution in [3.8, 4) is 0 Å². The summed E-state index contributed by atoms with van der Waals surface area (Å²) in [4.78, 5) is 0.312. The van der Waals surface area contributed by atoms with E-state index < -0.39 is 10.0 Å². The average Bonchev–Trinajstić information content (AvgIpc) is 2.24. The van der Waals surface area contributed by atoms with Crippen molar-refractivity contribution in [3.63, 3.8) is 0 Å². The lowest BCUT2D eigenvalue weighted by atomic mass is 10.4. The van der Waals surface area contributed by atoms with Gasteiger partial charge in [-0.3, -0.25) is 0 Å². The van der Waals surface area contributed by atoms with Crippen LogP contribution in [-0.2, 0) is 10.0 Å². The highest BCUT2D eigenvalue weighted by Crippen LogP contribution is 2.24. The molecular weight excluding hydrogens is 315 g/mol. The summed E-state index contributed by atoms with van der Waals surface area (Å²) in [5.41, 5.74) is 5.34. The highest BCUT2D eigenvalue weighted by atomic mass is 35.5. The molecule has 0 saturated heterocycles.